The molecule has 0 aliphatic rings. The number of nitrogens with one attached hydrogen (secondary N) is 1. The van der Waals surface area contributed by atoms with Crippen molar-refractivity contribution in [3.8, 4) is 0 Å². The van der Waals surface area contributed by atoms with Gasteiger partial charge in [0.2, 0.25) is 0 Å². The minimum atomic E-state index is -0.411. The minimum Gasteiger partial charge on any atom is -0.333 e. The van der Waals surface area contributed by atoms with E-state index in [1.165, 1.54) is 23.9 Å². The van der Waals surface area contributed by atoms with E-state index in [1.54, 1.807) is 6.07 Å². The summed E-state index contributed by atoms with van der Waals surface area (Å²) in [4.78, 5) is 22.6. The molecule has 118 valence electrons. The average molecular weight is 336 g/mol. The molecule has 0 amide bonds. The molecular formula is C17H12N4O2S. The summed E-state index contributed by atoms with van der Waals surface area (Å²) in [6, 6.07) is 16.7. The number of thioether (sulfide) groups is 1. The lowest BCUT2D eigenvalue weighted by atomic mass is 10.2. The molecule has 1 N–H and O–H groups in total. The van der Waals surface area contributed by atoms with Crippen LogP contribution in [0.2, 0.25) is 0 Å². The molecule has 0 saturated heterocycles. The number of rotatable bonds is 4. The largest absolute Gasteiger partial charge is 0.333 e. The van der Waals surface area contributed by atoms with Crippen LogP contribution in [0.25, 0.3) is 21.9 Å². The SMILES string of the molecule is O=[N+]([O-])c1ccc2nc(SCc3ccc4ccccc4n3)[nH]c2c1. The Balaban J connectivity index is 1.56. The molecular weight excluding hydrogens is 324 g/mol. The Morgan fingerprint density at radius 1 is 1.04 bits per heavy atom. The highest BCUT2D eigenvalue weighted by Crippen LogP contribution is 2.25. The van der Waals surface area contributed by atoms with Crippen LogP contribution in [0.3, 0.4) is 0 Å². The summed E-state index contributed by atoms with van der Waals surface area (Å²) in [6.07, 6.45) is 0. The van der Waals surface area contributed by atoms with Crippen molar-refractivity contribution in [2.75, 3.05) is 0 Å². The number of fused-ring (bicyclic) bond motifs is 2. The number of hydrogen-bond donors (Lipinski definition) is 1. The zero-order chi connectivity index (χ0) is 16.5. The van der Waals surface area contributed by atoms with Crippen molar-refractivity contribution in [3.63, 3.8) is 0 Å². The molecule has 0 spiro atoms. The number of hydrogen-bond acceptors (Lipinski definition) is 5. The molecule has 0 radical (unpaired) electrons. The summed E-state index contributed by atoms with van der Waals surface area (Å²) in [5.41, 5.74) is 3.37. The fourth-order valence-corrected chi connectivity index (χ4v) is 3.28. The number of H-pyrrole nitrogens is 1. The van der Waals surface area contributed by atoms with Gasteiger partial charge in [-0.2, -0.15) is 0 Å². The molecule has 4 aromatic rings. The quantitative estimate of drug-likeness (QED) is 0.341. The van der Waals surface area contributed by atoms with E-state index in [1.807, 2.05) is 30.3 Å². The smallest absolute Gasteiger partial charge is 0.271 e. The van der Waals surface area contributed by atoms with Crippen LogP contribution < -0.4 is 0 Å². The molecule has 2 heterocycles. The Kier molecular flexibility index (Phi) is 3.62. The van der Waals surface area contributed by atoms with Crippen LogP contribution in [0.15, 0.2) is 59.8 Å². The van der Waals surface area contributed by atoms with Gasteiger partial charge in [0.15, 0.2) is 5.16 Å². The van der Waals surface area contributed by atoms with Crippen molar-refractivity contribution in [1.82, 2.24) is 15.0 Å². The molecule has 0 aliphatic carbocycles. The second-order valence-corrected chi connectivity index (χ2v) is 6.25. The third kappa shape index (κ3) is 2.81. The van der Waals surface area contributed by atoms with Gasteiger partial charge in [-0.15, -0.1) is 0 Å². The van der Waals surface area contributed by atoms with Crippen molar-refractivity contribution >= 4 is 39.4 Å². The summed E-state index contributed by atoms with van der Waals surface area (Å²) in [5.74, 6) is 0.673. The molecule has 4 rings (SSSR count). The average Bonchev–Trinajstić information content (AvgIpc) is 3.01. The van der Waals surface area contributed by atoms with Crippen LogP contribution in [0, 0.1) is 10.1 Å². The van der Waals surface area contributed by atoms with Crippen molar-refractivity contribution < 1.29 is 4.92 Å². The molecule has 0 fully saturated rings. The van der Waals surface area contributed by atoms with Gasteiger partial charge in [-0.3, -0.25) is 15.1 Å². The summed E-state index contributed by atoms with van der Waals surface area (Å²) in [7, 11) is 0. The Labute approximate surface area is 141 Å². The van der Waals surface area contributed by atoms with Gasteiger partial charge in [-0.1, -0.05) is 36.0 Å². The number of imidazole rings is 1. The lowest BCUT2D eigenvalue weighted by Crippen LogP contribution is -1.88. The number of nitrogens with zero attached hydrogens (tertiary/aromatic N) is 3. The van der Waals surface area contributed by atoms with Crippen molar-refractivity contribution in [2.45, 2.75) is 10.9 Å². The van der Waals surface area contributed by atoms with Gasteiger partial charge in [0.05, 0.1) is 27.2 Å². The third-order valence-electron chi connectivity index (χ3n) is 3.67. The first kappa shape index (κ1) is 14.6. The van der Waals surface area contributed by atoms with Crippen LogP contribution in [-0.4, -0.2) is 19.9 Å². The molecule has 2 aromatic heterocycles. The topological polar surface area (TPSA) is 84.7 Å². The summed E-state index contributed by atoms with van der Waals surface area (Å²) in [6.45, 7) is 0. The second-order valence-electron chi connectivity index (χ2n) is 5.28. The molecule has 0 aliphatic heterocycles. The fourth-order valence-electron chi connectivity index (χ4n) is 2.49. The van der Waals surface area contributed by atoms with Crippen molar-refractivity contribution in [1.29, 1.82) is 0 Å². The third-order valence-corrected chi connectivity index (χ3v) is 4.57. The molecule has 7 heteroatoms. The normalized spacial score (nSPS) is 11.2. The summed E-state index contributed by atoms with van der Waals surface area (Å²) < 4.78 is 0. The summed E-state index contributed by atoms with van der Waals surface area (Å²) in [5, 5.41) is 12.7. The van der Waals surface area contributed by atoms with E-state index < -0.39 is 4.92 Å². The lowest BCUT2D eigenvalue weighted by molar-refractivity contribution is -0.384. The monoisotopic (exact) mass is 336 g/mol. The van der Waals surface area contributed by atoms with E-state index >= 15 is 0 Å². The Morgan fingerprint density at radius 3 is 2.79 bits per heavy atom. The maximum absolute atomic E-state index is 10.8. The van der Waals surface area contributed by atoms with Gasteiger partial charge in [-0.25, -0.2) is 4.98 Å². The Bertz CT molecular complexity index is 1060. The van der Waals surface area contributed by atoms with Crippen molar-refractivity contribution in [3.05, 3.63) is 70.4 Å². The Morgan fingerprint density at radius 2 is 1.92 bits per heavy atom. The molecule has 0 atom stereocenters. The zero-order valence-corrected chi connectivity index (χ0v) is 13.3. The number of para-hydroxylation sites is 1. The van der Waals surface area contributed by atoms with E-state index in [-0.39, 0.29) is 5.69 Å². The molecule has 6 nitrogen and oxygen atoms in total. The molecule has 0 saturated carbocycles. The van der Waals surface area contributed by atoms with E-state index in [4.69, 9.17) is 0 Å². The van der Waals surface area contributed by atoms with Crippen LogP contribution in [0.5, 0.6) is 0 Å². The predicted octanol–water partition coefficient (Wildman–Crippen LogP) is 4.31. The van der Waals surface area contributed by atoms with Crippen molar-refractivity contribution in [2.24, 2.45) is 0 Å². The number of aromatic nitrogens is 3. The maximum atomic E-state index is 10.8. The minimum absolute atomic E-state index is 0.0545. The van der Waals surface area contributed by atoms with E-state index in [0.717, 1.165) is 27.3 Å². The van der Waals surface area contributed by atoms with E-state index in [9.17, 15) is 10.1 Å². The lowest BCUT2D eigenvalue weighted by Gasteiger charge is -2.01. The second kappa shape index (κ2) is 5.93. The summed E-state index contributed by atoms with van der Waals surface area (Å²) >= 11 is 1.52. The van der Waals surface area contributed by atoms with Gasteiger partial charge < -0.3 is 4.98 Å². The number of benzene rings is 2. The fraction of sp³-hybridized carbons (Fsp3) is 0.0588. The first-order valence-corrected chi connectivity index (χ1v) is 8.29. The first-order chi connectivity index (χ1) is 11.7. The highest BCUT2D eigenvalue weighted by atomic mass is 32.2. The van der Waals surface area contributed by atoms with Gasteiger partial charge >= 0.3 is 0 Å². The van der Waals surface area contributed by atoms with Crippen LogP contribution in [-0.2, 0) is 5.75 Å². The van der Waals surface area contributed by atoms with E-state index in [0.29, 0.717) is 11.3 Å². The number of aromatic amines is 1. The predicted molar refractivity (Wildman–Crippen MR) is 94.1 cm³/mol. The highest BCUT2D eigenvalue weighted by Gasteiger charge is 2.10. The first-order valence-electron chi connectivity index (χ1n) is 7.31. The number of nitro benzene ring substituents is 1. The molecule has 24 heavy (non-hydrogen) atoms. The van der Waals surface area contributed by atoms with Gasteiger partial charge in [-0.05, 0) is 18.2 Å². The van der Waals surface area contributed by atoms with Crippen LogP contribution in [0.1, 0.15) is 5.69 Å². The van der Waals surface area contributed by atoms with Gasteiger partial charge in [0, 0.05) is 23.3 Å². The zero-order valence-electron chi connectivity index (χ0n) is 12.5. The highest BCUT2D eigenvalue weighted by molar-refractivity contribution is 7.98. The van der Waals surface area contributed by atoms with Gasteiger partial charge in [0.1, 0.15) is 0 Å². The van der Waals surface area contributed by atoms with Crippen LogP contribution in [0.4, 0.5) is 5.69 Å². The number of nitro groups is 1. The van der Waals surface area contributed by atoms with E-state index in [2.05, 4.69) is 21.0 Å². The number of non-ortho nitro benzene ring substituents is 1. The number of pyridine rings is 1. The molecule has 2 aromatic carbocycles. The van der Waals surface area contributed by atoms with Gasteiger partial charge in [0.25, 0.3) is 5.69 Å². The molecule has 0 bridgehead atoms. The van der Waals surface area contributed by atoms with Crippen LogP contribution >= 0.6 is 11.8 Å². The Hall–Kier alpha value is -2.93. The molecule has 0 unspecified atom stereocenters. The maximum Gasteiger partial charge on any atom is 0.271 e. The standard InChI is InChI=1S/C17H12N4O2S/c22-21(23)13-7-8-15-16(9-13)20-17(19-15)24-10-12-6-5-11-3-1-2-4-14(11)18-12/h1-9H,10H2,(H,19,20).